The molecular weight excluding hydrogens is 675 g/mol. The highest BCUT2D eigenvalue weighted by Crippen LogP contribution is 2.35. The number of carbonyl (C=O) groups excluding carboxylic acids is 2. The topological polar surface area (TPSA) is 119 Å². The van der Waals surface area contributed by atoms with E-state index in [-0.39, 0.29) is 44.0 Å². The number of fused-ring (bicyclic) bond motifs is 2. The molecule has 2 aliphatic rings. The number of aryl methyl sites for hydroxylation is 1. The molecule has 3 aromatic carbocycles. The van der Waals surface area contributed by atoms with Gasteiger partial charge in [0.05, 0.1) is 31.6 Å². The number of hydrogen-bond donors (Lipinski definition) is 3. The van der Waals surface area contributed by atoms with Gasteiger partial charge in [0.25, 0.3) is 5.91 Å². The predicted octanol–water partition coefficient (Wildman–Crippen LogP) is 5.37. The van der Waals surface area contributed by atoms with E-state index >= 15 is 0 Å². The summed E-state index contributed by atoms with van der Waals surface area (Å²) in [5.41, 5.74) is 3.90. The Morgan fingerprint density at radius 2 is 1.74 bits per heavy atom. The third-order valence-corrected chi connectivity index (χ3v) is 9.33. The molecule has 1 saturated heterocycles. The summed E-state index contributed by atoms with van der Waals surface area (Å²) < 4.78 is 46.5. The Kier molecular flexibility index (Phi) is 12.2. The van der Waals surface area contributed by atoms with Crippen LogP contribution in [0.3, 0.4) is 0 Å². The number of carbonyl (C=O) groups is 3. The minimum Gasteiger partial charge on any atom is -0.488 e. The van der Waals surface area contributed by atoms with E-state index in [2.05, 4.69) is 5.32 Å². The van der Waals surface area contributed by atoms with Gasteiger partial charge in [-0.3, -0.25) is 14.4 Å². The number of nitrogens with zero attached hydrogens (tertiary/aromatic N) is 2. The minimum atomic E-state index is -1.36. The number of benzene rings is 3. The number of piperazine rings is 1. The van der Waals surface area contributed by atoms with Crippen molar-refractivity contribution < 1.29 is 42.5 Å². The van der Waals surface area contributed by atoms with Crippen LogP contribution in [0.4, 0.5) is 13.2 Å². The maximum absolute atomic E-state index is 14.4. The van der Waals surface area contributed by atoms with Crippen LogP contribution < -0.4 is 10.1 Å². The van der Waals surface area contributed by atoms with Gasteiger partial charge in [-0.15, -0.1) is 0 Å². The highest BCUT2D eigenvalue weighted by Gasteiger charge is 2.41. The van der Waals surface area contributed by atoms with Gasteiger partial charge >= 0.3 is 5.97 Å². The SMILES string of the molecule is CCN(Cc1ccccc1Cl)C(=O)C1=C(c2ccc(CCCOc3c(F)ccc(F)c3F)cc2)CC2CN(C(=O)CC(O)CC(=O)O)CC1N2. The van der Waals surface area contributed by atoms with Gasteiger partial charge in [-0.05, 0) is 66.6 Å². The number of ether oxygens (including phenoxy) is 1. The minimum absolute atomic E-state index is 0.0291. The van der Waals surface area contributed by atoms with Crippen LogP contribution in [0, 0.1) is 17.5 Å². The number of amides is 2. The van der Waals surface area contributed by atoms with Crippen molar-refractivity contribution >= 4 is 35.0 Å². The summed E-state index contributed by atoms with van der Waals surface area (Å²) in [7, 11) is 0. The van der Waals surface area contributed by atoms with E-state index < -0.39 is 47.7 Å². The van der Waals surface area contributed by atoms with Crippen molar-refractivity contribution in [3.05, 3.63) is 105 Å². The molecule has 13 heteroatoms. The molecular formula is C37H39ClF3N3O6. The van der Waals surface area contributed by atoms with Crippen LogP contribution in [-0.4, -0.2) is 82.2 Å². The number of aliphatic carboxylic acids is 1. The van der Waals surface area contributed by atoms with E-state index in [4.69, 9.17) is 21.4 Å². The van der Waals surface area contributed by atoms with E-state index in [1.807, 2.05) is 49.4 Å². The Morgan fingerprint density at radius 3 is 2.44 bits per heavy atom. The number of carboxylic acids is 1. The van der Waals surface area contributed by atoms with Crippen LogP contribution in [0.25, 0.3) is 5.57 Å². The molecule has 2 bridgehead atoms. The van der Waals surface area contributed by atoms with Gasteiger partial charge in [-0.2, -0.15) is 4.39 Å². The highest BCUT2D eigenvalue weighted by atomic mass is 35.5. The standard InChI is InChI=1S/C37H39ClF3N3O6/c1-2-43(19-24-7-3-4-8-28(24)38)37(49)34-27(16-25-20-44(21-31(34)42-25)32(46)17-26(45)18-33(47)48)23-11-9-22(10-12-23)6-5-15-50-36-30(40)14-13-29(39)35(36)41/h3-4,7-14,25-26,31,42,45H,2,5-6,15-21H2,1H3,(H,47,48). The fourth-order valence-corrected chi connectivity index (χ4v) is 6.66. The number of rotatable bonds is 14. The van der Waals surface area contributed by atoms with Gasteiger partial charge < -0.3 is 30.1 Å². The Morgan fingerprint density at radius 1 is 1.02 bits per heavy atom. The Labute approximate surface area is 293 Å². The number of carboxylic acid groups (broad SMARTS) is 1. The molecule has 1 fully saturated rings. The van der Waals surface area contributed by atoms with Crippen LogP contribution in [0.15, 0.2) is 66.2 Å². The fraction of sp³-hybridized carbons (Fsp3) is 0.378. The van der Waals surface area contributed by atoms with Crippen molar-refractivity contribution in [2.75, 3.05) is 26.2 Å². The van der Waals surface area contributed by atoms with Crippen molar-refractivity contribution in [3.63, 3.8) is 0 Å². The summed E-state index contributed by atoms with van der Waals surface area (Å²) in [6.45, 7) is 3.00. The summed E-state index contributed by atoms with van der Waals surface area (Å²) in [4.78, 5) is 41.9. The maximum Gasteiger partial charge on any atom is 0.305 e. The normalized spacial score (nSPS) is 17.8. The summed E-state index contributed by atoms with van der Waals surface area (Å²) in [6, 6.07) is 15.8. The molecule has 2 aliphatic heterocycles. The Balaban J connectivity index is 1.37. The summed E-state index contributed by atoms with van der Waals surface area (Å²) in [5.74, 6) is -6.07. The summed E-state index contributed by atoms with van der Waals surface area (Å²) in [5, 5.41) is 23.2. The molecule has 50 heavy (non-hydrogen) atoms. The Hall–Kier alpha value is -4.39. The number of aliphatic hydroxyl groups is 1. The molecule has 2 heterocycles. The molecule has 3 N–H and O–H groups in total. The first-order valence-corrected chi connectivity index (χ1v) is 16.9. The van der Waals surface area contributed by atoms with E-state index in [9.17, 15) is 32.7 Å². The van der Waals surface area contributed by atoms with Gasteiger partial charge in [0.2, 0.25) is 11.7 Å². The lowest BCUT2D eigenvalue weighted by molar-refractivity contribution is -0.141. The van der Waals surface area contributed by atoms with Crippen molar-refractivity contribution in [1.29, 1.82) is 0 Å². The lowest BCUT2D eigenvalue weighted by Gasteiger charge is -2.45. The van der Waals surface area contributed by atoms with E-state index in [1.165, 1.54) is 0 Å². The first kappa shape index (κ1) is 36.9. The average Bonchev–Trinajstić information content (AvgIpc) is 3.08. The zero-order valence-corrected chi connectivity index (χ0v) is 28.3. The molecule has 266 valence electrons. The van der Waals surface area contributed by atoms with Crippen molar-refractivity contribution in [2.45, 2.75) is 63.8 Å². The summed E-state index contributed by atoms with van der Waals surface area (Å²) >= 11 is 6.44. The molecule has 3 unspecified atom stereocenters. The molecule has 0 aliphatic carbocycles. The van der Waals surface area contributed by atoms with E-state index in [1.54, 1.807) is 15.9 Å². The molecule has 2 amide bonds. The van der Waals surface area contributed by atoms with Crippen molar-refractivity contribution in [1.82, 2.24) is 15.1 Å². The third-order valence-electron chi connectivity index (χ3n) is 8.96. The molecule has 0 radical (unpaired) electrons. The molecule has 0 saturated carbocycles. The lowest BCUT2D eigenvalue weighted by Crippen LogP contribution is -2.62. The lowest BCUT2D eigenvalue weighted by atomic mass is 9.82. The monoisotopic (exact) mass is 713 g/mol. The zero-order chi connectivity index (χ0) is 35.9. The van der Waals surface area contributed by atoms with Gasteiger partial charge in [-0.1, -0.05) is 54.1 Å². The fourth-order valence-electron chi connectivity index (χ4n) is 6.47. The number of nitrogens with one attached hydrogen (secondary N) is 1. The molecule has 5 rings (SSSR count). The zero-order valence-electron chi connectivity index (χ0n) is 27.5. The average molecular weight is 714 g/mol. The summed E-state index contributed by atoms with van der Waals surface area (Å²) in [6.07, 6.45) is -0.838. The smallest absolute Gasteiger partial charge is 0.305 e. The predicted molar refractivity (Wildman–Crippen MR) is 181 cm³/mol. The third kappa shape index (κ3) is 8.85. The number of likely N-dealkylation sites (N-methyl/N-ethyl adjacent to an activating group) is 1. The van der Waals surface area contributed by atoms with E-state index in [0.29, 0.717) is 49.0 Å². The Bertz CT molecular complexity index is 1750. The number of hydrogen-bond acceptors (Lipinski definition) is 6. The molecule has 9 nitrogen and oxygen atoms in total. The second-order valence-corrected chi connectivity index (χ2v) is 12.9. The van der Waals surface area contributed by atoms with Crippen LogP contribution in [0.5, 0.6) is 5.75 Å². The van der Waals surface area contributed by atoms with Crippen molar-refractivity contribution in [2.24, 2.45) is 0 Å². The van der Waals surface area contributed by atoms with Crippen LogP contribution in [0.1, 0.15) is 49.3 Å². The van der Waals surface area contributed by atoms with Crippen LogP contribution in [-0.2, 0) is 27.3 Å². The first-order valence-electron chi connectivity index (χ1n) is 16.5. The first-order chi connectivity index (χ1) is 23.9. The van der Waals surface area contributed by atoms with Gasteiger partial charge in [-0.25, -0.2) is 8.78 Å². The largest absolute Gasteiger partial charge is 0.488 e. The van der Waals surface area contributed by atoms with Crippen LogP contribution >= 0.6 is 11.6 Å². The van der Waals surface area contributed by atoms with Gasteiger partial charge in [0, 0.05) is 42.8 Å². The number of halogens is 4. The van der Waals surface area contributed by atoms with Gasteiger partial charge in [0.15, 0.2) is 17.4 Å². The second kappa shape index (κ2) is 16.5. The molecule has 3 atom stereocenters. The number of aliphatic hydroxyl groups excluding tert-OH is 1. The highest BCUT2D eigenvalue weighted by molar-refractivity contribution is 6.31. The molecule has 0 aromatic heterocycles. The van der Waals surface area contributed by atoms with Crippen LogP contribution in [0.2, 0.25) is 5.02 Å². The van der Waals surface area contributed by atoms with E-state index in [0.717, 1.165) is 28.3 Å². The van der Waals surface area contributed by atoms with Gasteiger partial charge in [0.1, 0.15) is 0 Å². The quantitative estimate of drug-likeness (QED) is 0.152. The maximum atomic E-state index is 14.4. The molecule has 3 aromatic rings. The van der Waals surface area contributed by atoms with Crippen molar-refractivity contribution in [3.8, 4) is 5.75 Å². The molecule has 0 spiro atoms. The second-order valence-electron chi connectivity index (χ2n) is 12.5.